The Bertz CT molecular complexity index is 501. The van der Waals surface area contributed by atoms with Gasteiger partial charge in [0, 0.05) is 32.2 Å². The van der Waals surface area contributed by atoms with E-state index in [1.807, 2.05) is 0 Å². The summed E-state index contributed by atoms with van der Waals surface area (Å²) in [7, 11) is 0. The zero-order valence-electron chi connectivity index (χ0n) is 13.1. The molecule has 0 spiro atoms. The standard InChI is InChI=1S/C16H22F4N2O/c1-2-3-4-14(22-9-7-21-8-10-22)12-5-6-15(13(17)11-12)23-16(18,19)20/h5-6,11,14,21H,2-4,7-10H2,1H3/t14-/m1/s1. The summed E-state index contributed by atoms with van der Waals surface area (Å²) in [4.78, 5) is 2.26. The van der Waals surface area contributed by atoms with E-state index in [2.05, 4.69) is 21.9 Å². The third-order valence-electron chi connectivity index (χ3n) is 3.99. The highest BCUT2D eigenvalue weighted by Crippen LogP contribution is 2.32. The van der Waals surface area contributed by atoms with Gasteiger partial charge in [-0.05, 0) is 24.1 Å². The number of piperazine rings is 1. The van der Waals surface area contributed by atoms with E-state index in [-0.39, 0.29) is 6.04 Å². The monoisotopic (exact) mass is 334 g/mol. The summed E-state index contributed by atoms with van der Waals surface area (Å²) in [6, 6.07) is 3.79. The Labute approximate surface area is 133 Å². The van der Waals surface area contributed by atoms with E-state index in [4.69, 9.17) is 0 Å². The van der Waals surface area contributed by atoms with Gasteiger partial charge in [-0.15, -0.1) is 13.2 Å². The fraction of sp³-hybridized carbons (Fsp3) is 0.625. The largest absolute Gasteiger partial charge is 0.573 e. The number of rotatable bonds is 6. The van der Waals surface area contributed by atoms with Crippen molar-refractivity contribution in [2.24, 2.45) is 0 Å². The van der Waals surface area contributed by atoms with Crippen LogP contribution in [0.4, 0.5) is 17.6 Å². The second-order valence-corrected chi connectivity index (χ2v) is 5.68. The summed E-state index contributed by atoms with van der Waals surface area (Å²) < 4.78 is 54.4. The van der Waals surface area contributed by atoms with E-state index >= 15 is 0 Å². The maximum absolute atomic E-state index is 14.0. The lowest BCUT2D eigenvalue weighted by molar-refractivity contribution is -0.275. The zero-order chi connectivity index (χ0) is 16.9. The fourth-order valence-corrected chi connectivity index (χ4v) is 2.88. The number of unbranched alkanes of at least 4 members (excludes halogenated alkanes) is 1. The highest BCUT2D eigenvalue weighted by Gasteiger charge is 2.32. The van der Waals surface area contributed by atoms with Crippen molar-refractivity contribution in [1.82, 2.24) is 10.2 Å². The molecule has 0 amide bonds. The number of nitrogens with one attached hydrogen (secondary N) is 1. The SMILES string of the molecule is CCCC[C@H](c1ccc(OC(F)(F)F)c(F)c1)N1CCNCC1. The number of nitrogens with zero attached hydrogens (tertiary/aromatic N) is 1. The molecule has 1 N–H and O–H groups in total. The minimum atomic E-state index is -4.89. The topological polar surface area (TPSA) is 24.5 Å². The number of hydrogen-bond donors (Lipinski definition) is 1. The molecule has 23 heavy (non-hydrogen) atoms. The van der Waals surface area contributed by atoms with Crippen molar-refractivity contribution in [3.8, 4) is 5.75 Å². The van der Waals surface area contributed by atoms with Gasteiger partial charge in [-0.25, -0.2) is 4.39 Å². The molecule has 3 nitrogen and oxygen atoms in total. The van der Waals surface area contributed by atoms with Crippen LogP contribution in [0.2, 0.25) is 0 Å². The Morgan fingerprint density at radius 3 is 2.52 bits per heavy atom. The molecule has 2 rings (SSSR count). The van der Waals surface area contributed by atoms with Crippen molar-refractivity contribution in [1.29, 1.82) is 0 Å². The highest BCUT2D eigenvalue weighted by atomic mass is 19.4. The van der Waals surface area contributed by atoms with Gasteiger partial charge >= 0.3 is 6.36 Å². The van der Waals surface area contributed by atoms with Crippen LogP contribution in [0.25, 0.3) is 0 Å². The third kappa shape index (κ3) is 5.35. The van der Waals surface area contributed by atoms with Crippen LogP contribution in [-0.4, -0.2) is 37.4 Å². The third-order valence-corrected chi connectivity index (χ3v) is 3.99. The lowest BCUT2D eigenvalue weighted by atomic mass is 9.98. The first-order chi connectivity index (χ1) is 10.9. The molecule has 130 valence electrons. The van der Waals surface area contributed by atoms with Crippen molar-refractivity contribution >= 4 is 0 Å². The van der Waals surface area contributed by atoms with Crippen LogP contribution in [0.5, 0.6) is 5.75 Å². The molecule has 1 atom stereocenters. The molecule has 7 heteroatoms. The van der Waals surface area contributed by atoms with Crippen molar-refractivity contribution in [3.63, 3.8) is 0 Å². The maximum atomic E-state index is 14.0. The quantitative estimate of drug-likeness (QED) is 0.800. The summed E-state index contributed by atoms with van der Waals surface area (Å²) in [5.41, 5.74) is 0.701. The average molecular weight is 334 g/mol. The molecule has 1 aromatic rings. The second kappa shape index (κ2) is 7.97. The lowest BCUT2D eigenvalue weighted by Crippen LogP contribution is -2.45. The predicted octanol–water partition coefficient (Wildman–Crippen LogP) is 3.86. The van der Waals surface area contributed by atoms with Crippen LogP contribution in [-0.2, 0) is 0 Å². The molecule has 0 unspecified atom stereocenters. The van der Waals surface area contributed by atoms with Crippen LogP contribution < -0.4 is 10.1 Å². The molecule has 1 aliphatic heterocycles. The van der Waals surface area contributed by atoms with Gasteiger partial charge in [-0.2, -0.15) is 0 Å². The minimum absolute atomic E-state index is 0.0199. The first-order valence-electron chi connectivity index (χ1n) is 7.90. The van der Waals surface area contributed by atoms with Gasteiger partial charge in [0.15, 0.2) is 11.6 Å². The number of alkyl halides is 3. The van der Waals surface area contributed by atoms with Gasteiger partial charge in [0.2, 0.25) is 0 Å². The van der Waals surface area contributed by atoms with E-state index in [0.29, 0.717) is 5.56 Å². The molecular weight excluding hydrogens is 312 g/mol. The van der Waals surface area contributed by atoms with Crippen LogP contribution in [0.1, 0.15) is 37.8 Å². The van der Waals surface area contributed by atoms with Gasteiger partial charge in [0.1, 0.15) is 0 Å². The number of hydrogen-bond acceptors (Lipinski definition) is 3. The highest BCUT2D eigenvalue weighted by molar-refractivity contribution is 5.31. The van der Waals surface area contributed by atoms with Crippen molar-refractivity contribution in [3.05, 3.63) is 29.6 Å². The molecule has 0 aromatic heterocycles. The number of halogens is 4. The lowest BCUT2D eigenvalue weighted by Gasteiger charge is -2.35. The number of benzene rings is 1. The molecule has 1 heterocycles. The van der Waals surface area contributed by atoms with E-state index in [1.54, 1.807) is 0 Å². The van der Waals surface area contributed by atoms with E-state index in [0.717, 1.165) is 51.5 Å². The molecule has 0 aliphatic carbocycles. The van der Waals surface area contributed by atoms with Gasteiger partial charge in [-0.1, -0.05) is 25.8 Å². The normalized spacial score (nSPS) is 18.0. The van der Waals surface area contributed by atoms with Gasteiger partial charge in [0.25, 0.3) is 0 Å². The van der Waals surface area contributed by atoms with Crippen LogP contribution in [0, 0.1) is 5.82 Å². The van der Waals surface area contributed by atoms with Crippen molar-refractivity contribution in [2.75, 3.05) is 26.2 Å². The average Bonchev–Trinajstić information content (AvgIpc) is 2.50. The van der Waals surface area contributed by atoms with Gasteiger partial charge < -0.3 is 10.1 Å². The van der Waals surface area contributed by atoms with E-state index in [1.165, 1.54) is 12.1 Å². The van der Waals surface area contributed by atoms with Crippen molar-refractivity contribution in [2.45, 2.75) is 38.6 Å². The van der Waals surface area contributed by atoms with Gasteiger partial charge in [-0.3, -0.25) is 4.90 Å². The molecule has 1 saturated heterocycles. The van der Waals surface area contributed by atoms with Crippen LogP contribution in [0.15, 0.2) is 18.2 Å². The molecule has 1 aromatic carbocycles. The Balaban J connectivity index is 2.18. The smallest absolute Gasteiger partial charge is 0.403 e. The summed E-state index contributed by atoms with van der Waals surface area (Å²) in [5, 5.41) is 3.26. The molecule has 0 saturated carbocycles. The second-order valence-electron chi connectivity index (χ2n) is 5.68. The summed E-state index contributed by atoms with van der Waals surface area (Å²) >= 11 is 0. The first-order valence-corrected chi connectivity index (χ1v) is 7.90. The van der Waals surface area contributed by atoms with Crippen molar-refractivity contribution < 1.29 is 22.3 Å². The molecule has 0 radical (unpaired) electrons. The Morgan fingerprint density at radius 1 is 1.26 bits per heavy atom. The van der Waals surface area contributed by atoms with E-state index < -0.39 is 17.9 Å². The van der Waals surface area contributed by atoms with Gasteiger partial charge in [0.05, 0.1) is 0 Å². The van der Waals surface area contributed by atoms with Crippen LogP contribution >= 0.6 is 0 Å². The summed E-state index contributed by atoms with van der Waals surface area (Å²) in [6.45, 7) is 5.49. The minimum Gasteiger partial charge on any atom is -0.403 e. The molecule has 1 fully saturated rings. The molecule has 1 aliphatic rings. The fourth-order valence-electron chi connectivity index (χ4n) is 2.88. The Kier molecular flexibility index (Phi) is 6.24. The Morgan fingerprint density at radius 2 is 1.96 bits per heavy atom. The first kappa shape index (κ1) is 18.0. The number of ether oxygens (including phenoxy) is 1. The molecule has 0 bridgehead atoms. The summed E-state index contributed by atoms with van der Waals surface area (Å²) in [5.74, 6) is -1.76. The predicted molar refractivity (Wildman–Crippen MR) is 79.8 cm³/mol. The van der Waals surface area contributed by atoms with E-state index in [9.17, 15) is 17.6 Å². The van der Waals surface area contributed by atoms with Crippen LogP contribution in [0.3, 0.4) is 0 Å². The Hall–Kier alpha value is -1.34. The maximum Gasteiger partial charge on any atom is 0.573 e. The molecular formula is C16H22F4N2O. The summed E-state index contributed by atoms with van der Waals surface area (Å²) in [6.07, 6.45) is -2.03. The zero-order valence-corrected chi connectivity index (χ0v) is 13.1.